The number of hydrogen-bond acceptors (Lipinski definition) is 5. The van der Waals surface area contributed by atoms with Crippen LogP contribution in [0.2, 0.25) is 0 Å². The average Bonchev–Trinajstić information content (AvgIpc) is 2.71. The van der Waals surface area contributed by atoms with Gasteiger partial charge in [0.2, 0.25) is 15.9 Å². The van der Waals surface area contributed by atoms with Crippen LogP contribution in [0.15, 0.2) is 52.3 Å². The molecule has 4 rings (SSSR count). The number of anilines is 2. The number of carbonyl (C=O) groups excluding carboxylic acids is 1. The van der Waals surface area contributed by atoms with Gasteiger partial charge in [0.05, 0.1) is 16.6 Å². The summed E-state index contributed by atoms with van der Waals surface area (Å²) in [5.41, 5.74) is 8.06. The normalized spacial score (nSPS) is 18.6. The highest BCUT2D eigenvalue weighted by Gasteiger charge is 2.34. The summed E-state index contributed by atoms with van der Waals surface area (Å²) in [5.74, 6) is -0.574. The standard InChI is InChI=1S/C20H23N3O3S2/c1-13(28(25,26)23-10-8-14(9-11-23)20(21)24)15-6-7-19-17(12-15)22-16-4-2-3-5-18(16)27-19/h2-7,12-14,22H,8-11H2,1H3,(H2,21,24). The van der Waals surface area contributed by atoms with Gasteiger partial charge in [0.15, 0.2) is 0 Å². The molecule has 3 N–H and O–H groups in total. The van der Waals surface area contributed by atoms with Crippen molar-refractivity contribution in [1.29, 1.82) is 0 Å². The van der Waals surface area contributed by atoms with Gasteiger partial charge in [0.25, 0.3) is 0 Å². The molecule has 0 bridgehead atoms. The molecule has 0 saturated carbocycles. The van der Waals surface area contributed by atoms with E-state index in [0.717, 1.165) is 26.7 Å². The second kappa shape index (κ2) is 7.42. The van der Waals surface area contributed by atoms with Crippen molar-refractivity contribution in [3.63, 3.8) is 0 Å². The number of nitrogens with zero attached hydrogens (tertiary/aromatic N) is 1. The lowest BCUT2D eigenvalue weighted by Crippen LogP contribution is -2.43. The first-order valence-corrected chi connectivity index (χ1v) is 11.6. The molecule has 2 aliphatic rings. The van der Waals surface area contributed by atoms with Crippen LogP contribution >= 0.6 is 11.8 Å². The quantitative estimate of drug-likeness (QED) is 0.678. The summed E-state index contributed by atoms with van der Waals surface area (Å²) in [6, 6.07) is 13.8. The van der Waals surface area contributed by atoms with Gasteiger partial charge in [-0.25, -0.2) is 12.7 Å². The van der Waals surface area contributed by atoms with Gasteiger partial charge in [0, 0.05) is 28.8 Å². The van der Waals surface area contributed by atoms with E-state index in [9.17, 15) is 13.2 Å². The van der Waals surface area contributed by atoms with Crippen LogP contribution in [0.1, 0.15) is 30.6 Å². The maximum absolute atomic E-state index is 13.1. The fourth-order valence-corrected chi connectivity index (χ4v) is 6.33. The van der Waals surface area contributed by atoms with E-state index < -0.39 is 15.3 Å². The third-order valence-corrected chi connectivity index (χ3v) is 8.91. The van der Waals surface area contributed by atoms with Crippen molar-refractivity contribution in [3.8, 4) is 0 Å². The fourth-order valence-electron chi connectivity index (χ4n) is 3.70. The van der Waals surface area contributed by atoms with Crippen molar-refractivity contribution in [2.45, 2.75) is 34.8 Å². The minimum atomic E-state index is -3.50. The largest absolute Gasteiger partial charge is 0.369 e. The van der Waals surface area contributed by atoms with E-state index in [2.05, 4.69) is 11.4 Å². The van der Waals surface area contributed by atoms with Gasteiger partial charge in [-0.15, -0.1) is 0 Å². The lowest BCUT2D eigenvalue weighted by molar-refractivity contribution is -0.122. The van der Waals surface area contributed by atoms with Crippen LogP contribution in [0.5, 0.6) is 0 Å². The lowest BCUT2D eigenvalue weighted by atomic mass is 9.98. The highest BCUT2D eigenvalue weighted by atomic mass is 32.2. The molecule has 2 aromatic carbocycles. The zero-order valence-electron chi connectivity index (χ0n) is 15.6. The van der Waals surface area contributed by atoms with Gasteiger partial charge in [-0.1, -0.05) is 30.0 Å². The zero-order valence-corrected chi connectivity index (χ0v) is 17.2. The van der Waals surface area contributed by atoms with E-state index >= 15 is 0 Å². The van der Waals surface area contributed by atoms with Gasteiger partial charge in [-0.2, -0.15) is 0 Å². The Hall–Kier alpha value is -2.03. The number of nitrogens with one attached hydrogen (secondary N) is 1. The Balaban J connectivity index is 1.54. The Morgan fingerprint density at radius 3 is 2.54 bits per heavy atom. The maximum Gasteiger partial charge on any atom is 0.220 e. The molecule has 0 spiro atoms. The second-order valence-corrected chi connectivity index (χ2v) is 10.6. The molecular weight excluding hydrogens is 394 g/mol. The Morgan fingerprint density at radius 1 is 1.14 bits per heavy atom. The van der Waals surface area contributed by atoms with E-state index in [4.69, 9.17) is 5.73 Å². The first kappa shape index (κ1) is 19.3. The summed E-state index contributed by atoms with van der Waals surface area (Å²) >= 11 is 1.68. The average molecular weight is 418 g/mol. The highest BCUT2D eigenvalue weighted by molar-refractivity contribution is 7.99. The molecule has 0 aliphatic carbocycles. The van der Waals surface area contributed by atoms with Gasteiger partial charge in [0.1, 0.15) is 0 Å². The number of amides is 1. The smallest absolute Gasteiger partial charge is 0.220 e. The number of carbonyl (C=O) groups is 1. The minimum Gasteiger partial charge on any atom is -0.369 e. The molecule has 2 aromatic rings. The number of fused-ring (bicyclic) bond motifs is 2. The Bertz CT molecular complexity index is 1020. The van der Waals surface area contributed by atoms with E-state index in [1.54, 1.807) is 18.7 Å². The third kappa shape index (κ3) is 3.52. The first-order valence-electron chi connectivity index (χ1n) is 9.32. The Morgan fingerprint density at radius 2 is 1.82 bits per heavy atom. The van der Waals surface area contributed by atoms with Crippen LogP contribution in [0.25, 0.3) is 0 Å². The van der Waals surface area contributed by atoms with Gasteiger partial charge in [-0.05, 0) is 49.6 Å². The van der Waals surface area contributed by atoms with Gasteiger partial charge < -0.3 is 11.1 Å². The number of piperidine rings is 1. The topological polar surface area (TPSA) is 92.5 Å². The monoisotopic (exact) mass is 417 g/mol. The molecule has 2 heterocycles. The molecule has 2 aliphatic heterocycles. The summed E-state index contributed by atoms with van der Waals surface area (Å²) in [4.78, 5) is 13.6. The number of para-hydroxylation sites is 1. The van der Waals surface area contributed by atoms with Crippen LogP contribution in [-0.4, -0.2) is 31.7 Å². The van der Waals surface area contributed by atoms with Crippen molar-refractivity contribution >= 4 is 39.1 Å². The number of primary amides is 1. The molecule has 1 atom stereocenters. The highest BCUT2D eigenvalue weighted by Crippen LogP contribution is 2.45. The molecule has 1 saturated heterocycles. The van der Waals surface area contributed by atoms with E-state index in [0.29, 0.717) is 25.9 Å². The zero-order chi connectivity index (χ0) is 19.9. The number of hydrogen-bond donors (Lipinski definition) is 2. The summed E-state index contributed by atoms with van der Waals surface area (Å²) < 4.78 is 27.7. The Labute approximate surface area is 169 Å². The van der Waals surface area contributed by atoms with Crippen LogP contribution in [-0.2, 0) is 14.8 Å². The molecule has 28 heavy (non-hydrogen) atoms. The van der Waals surface area contributed by atoms with Crippen LogP contribution in [0.3, 0.4) is 0 Å². The molecule has 0 aromatic heterocycles. The van der Waals surface area contributed by atoms with E-state index in [-0.39, 0.29) is 11.8 Å². The summed E-state index contributed by atoms with van der Waals surface area (Å²) in [7, 11) is -3.50. The molecule has 1 fully saturated rings. The van der Waals surface area contributed by atoms with Crippen molar-refractivity contribution in [1.82, 2.24) is 4.31 Å². The first-order chi connectivity index (χ1) is 13.4. The van der Waals surface area contributed by atoms with Crippen molar-refractivity contribution in [2.24, 2.45) is 11.7 Å². The van der Waals surface area contributed by atoms with Crippen molar-refractivity contribution < 1.29 is 13.2 Å². The van der Waals surface area contributed by atoms with Crippen LogP contribution in [0.4, 0.5) is 11.4 Å². The molecule has 0 radical (unpaired) electrons. The summed E-state index contributed by atoms with van der Waals surface area (Å²) in [5, 5.41) is 2.74. The minimum absolute atomic E-state index is 0.230. The third-order valence-electron chi connectivity index (χ3n) is 5.51. The lowest BCUT2D eigenvalue weighted by Gasteiger charge is -2.32. The van der Waals surface area contributed by atoms with Crippen LogP contribution < -0.4 is 11.1 Å². The van der Waals surface area contributed by atoms with Crippen LogP contribution in [0, 0.1) is 5.92 Å². The predicted molar refractivity (Wildman–Crippen MR) is 111 cm³/mol. The maximum atomic E-state index is 13.1. The van der Waals surface area contributed by atoms with Gasteiger partial charge >= 0.3 is 0 Å². The number of rotatable bonds is 4. The number of sulfonamides is 1. The number of nitrogens with two attached hydrogens (primary N) is 1. The van der Waals surface area contributed by atoms with Crippen molar-refractivity contribution in [3.05, 3.63) is 48.0 Å². The molecule has 8 heteroatoms. The molecule has 148 valence electrons. The molecule has 1 unspecified atom stereocenters. The Kier molecular flexibility index (Phi) is 5.11. The fraction of sp³-hybridized carbons (Fsp3) is 0.350. The SMILES string of the molecule is CC(c1ccc2c(c1)Nc1ccccc1S2)S(=O)(=O)N1CCC(C(N)=O)CC1. The predicted octanol–water partition coefficient (Wildman–Crippen LogP) is 3.48. The molecule has 6 nitrogen and oxygen atoms in total. The second-order valence-electron chi connectivity index (χ2n) is 7.24. The van der Waals surface area contributed by atoms with Gasteiger partial charge in [-0.3, -0.25) is 4.79 Å². The summed E-state index contributed by atoms with van der Waals surface area (Å²) in [6.07, 6.45) is 0.973. The number of benzene rings is 2. The molecule has 1 amide bonds. The van der Waals surface area contributed by atoms with E-state index in [1.807, 2.05) is 36.4 Å². The summed E-state index contributed by atoms with van der Waals surface area (Å²) in [6.45, 7) is 2.40. The molecular formula is C20H23N3O3S2. The van der Waals surface area contributed by atoms with Crippen molar-refractivity contribution in [2.75, 3.05) is 18.4 Å². The van der Waals surface area contributed by atoms with E-state index in [1.165, 1.54) is 4.31 Å².